The zero-order valence-electron chi connectivity index (χ0n) is 14.9. The van der Waals surface area contributed by atoms with Crippen molar-refractivity contribution in [1.29, 1.82) is 0 Å². The first-order chi connectivity index (χ1) is 11.7. The number of carbonyl (C=O) groups excluding carboxylic acids is 1. The Balaban J connectivity index is 1.54. The first-order valence-electron chi connectivity index (χ1n) is 9.26. The van der Waals surface area contributed by atoms with E-state index in [-0.39, 0.29) is 11.9 Å². The topological polar surface area (TPSA) is 61.6 Å². The van der Waals surface area contributed by atoms with Gasteiger partial charge in [0.2, 0.25) is 5.91 Å². The molecule has 0 aliphatic carbocycles. The quantitative estimate of drug-likeness (QED) is 0.677. The van der Waals surface area contributed by atoms with E-state index in [4.69, 9.17) is 5.73 Å². The summed E-state index contributed by atoms with van der Waals surface area (Å²) < 4.78 is 0. The number of carbonyl (C=O) groups is 1. The Morgan fingerprint density at radius 2 is 1.88 bits per heavy atom. The van der Waals surface area contributed by atoms with Gasteiger partial charge < -0.3 is 16.0 Å². The highest BCUT2D eigenvalue weighted by Gasteiger charge is 2.16. The summed E-state index contributed by atoms with van der Waals surface area (Å²) in [6.45, 7) is 8.30. The fraction of sp³-hybridized carbons (Fsp3) is 0.632. The minimum Gasteiger partial charge on any atom is -0.369 e. The molecule has 3 N–H and O–H groups in total. The predicted molar refractivity (Wildman–Crippen MR) is 100 cm³/mol. The van der Waals surface area contributed by atoms with Crippen LogP contribution in [0.5, 0.6) is 0 Å². The van der Waals surface area contributed by atoms with Gasteiger partial charge in [-0.1, -0.05) is 31.5 Å². The average Bonchev–Trinajstić information content (AvgIpc) is 2.62. The number of para-hydroxylation sites is 1. The third-order valence-electron chi connectivity index (χ3n) is 4.63. The van der Waals surface area contributed by atoms with Crippen LogP contribution >= 0.6 is 0 Å². The maximum absolute atomic E-state index is 11.7. The van der Waals surface area contributed by atoms with Crippen LogP contribution in [0.25, 0.3) is 0 Å². The van der Waals surface area contributed by atoms with Gasteiger partial charge in [-0.15, -0.1) is 0 Å². The standard InChI is InChI=1S/C19H32N4O/c1-2-8-18(20)19(24)21-11-6-7-12-22-13-15-23(16-14-22)17-9-4-3-5-10-17/h3-5,9-10,18H,2,6-8,11-16,20H2,1H3,(H,21,24). The third kappa shape index (κ3) is 6.13. The maximum Gasteiger partial charge on any atom is 0.236 e. The highest BCUT2D eigenvalue weighted by atomic mass is 16.2. The van der Waals surface area contributed by atoms with Crippen LogP contribution in [-0.4, -0.2) is 56.1 Å². The molecule has 1 aliphatic heterocycles. The minimum atomic E-state index is -0.346. The van der Waals surface area contributed by atoms with Crippen molar-refractivity contribution in [3.8, 4) is 0 Å². The molecule has 134 valence electrons. The molecule has 1 aliphatic rings. The number of amides is 1. The summed E-state index contributed by atoms with van der Waals surface area (Å²) in [5.74, 6) is -0.00618. The average molecular weight is 332 g/mol. The summed E-state index contributed by atoms with van der Waals surface area (Å²) in [7, 11) is 0. The van der Waals surface area contributed by atoms with Gasteiger partial charge in [0.15, 0.2) is 0 Å². The van der Waals surface area contributed by atoms with E-state index in [9.17, 15) is 4.79 Å². The number of hydrogen-bond acceptors (Lipinski definition) is 4. The van der Waals surface area contributed by atoms with Crippen molar-refractivity contribution >= 4 is 11.6 Å². The molecule has 5 heteroatoms. The van der Waals surface area contributed by atoms with Crippen LogP contribution in [0.3, 0.4) is 0 Å². The van der Waals surface area contributed by atoms with Gasteiger partial charge >= 0.3 is 0 Å². The van der Waals surface area contributed by atoms with Gasteiger partial charge in [0.1, 0.15) is 0 Å². The lowest BCUT2D eigenvalue weighted by Gasteiger charge is -2.36. The Morgan fingerprint density at radius 1 is 1.17 bits per heavy atom. The minimum absolute atomic E-state index is 0.00618. The van der Waals surface area contributed by atoms with Crippen LogP contribution in [-0.2, 0) is 4.79 Å². The molecule has 1 aromatic carbocycles. The molecule has 0 radical (unpaired) electrons. The van der Waals surface area contributed by atoms with Crippen LogP contribution in [0.1, 0.15) is 32.6 Å². The molecular weight excluding hydrogens is 300 g/mol. The highest BCUT2D eigenvalue weighted by Crippen LogP contribution is 2.15. The number of nitrogens with two attached hydrogens (primary N) is 1. The SMILES string of the molecule is CCCC(N)C(=O)NCCCCN1CCN(c2ccccc2)CC1. The van der Waals surface area contributed by atoms with Crippen molar-refractivity contribution in [2.75, 3.05) is 44.2 Å². The lowest BCUT2D eigenvalue weighted by atomic mass is 10.1. The number of nitrogens with zero attached hydrogens (tertiary/aromatic N) is 2. The Hall–Kier alpha value is -1.59. The molecular formula is C19H32N4O. The van der Waals surface area contributed by atoms with E-state index >= 15 is 0 Å². The fourth-order valence-electron chi connectivity index (χ4n) is 3.11. The molecule has 5 nitrogen and oxygen atoms in total. The smallest absolute Gasteiger partial charge is 0.236 e. The van der Waals surface area contributed by atoms with Crippen LogP contribution in [0.4, 0.5) is 5.69 Å². The van der Waals surface area contributed by atoms with Gasteiger partial charge in [0, 0.05) is 38.4 Å². The van der Waals surface area contributed by atoms with E-state index in [0.717, 1.165) is 65.0 Å². The summed E-state index contributed by atoms with van der Waals surface area (Å²) >= 11 is 0. The molecule has 2 rings (SSSR count). The Labute approximate surface area is 146 Å². The van der Waals surface area contributed by atoms with Crippen LogP contribution < -0.4 is 16.0 Å². The Morgan fingerprint density at radius 3 is 2.54 bits per heavy atom. The molecule has 24 heavy (non-hydrogen) atoms. The molecule has 1 saturated heterocycles. The Kier molecular flexibility index (Phi) is 8.05. The summed E-state index contributed by atoms with van der Waals surface area (Å²) in [6, 6.07) is 10.3. The second kappa shape index (κ2) is 10.3. The van der Waals surface area contributed by atoms with Gasteiger partial charge in [0.05, 0.1) is 6.04 Å². The van der Waals surface area contributed by atoms with Gasteiger partial charge in [-0.25, -0.2) is 0 Å². The molecule has 1 unspecified atom stereocenters. The number of nitrogens with one attached hydrogen (secondary N) is 1. The lowest BCUT2D eigenvalue weighted by Crippen LogP contribution is -2.46. The van der Waals surface area contributed by atoms with Crippen LogP contribution in [0, 0.1) is 0 Å². The predicted octanol–water partition coefficient (Wildman–Crippen LogP) is 1.83. The van der Waals surface area contributed by atoms with Crippen LogP contribution in [0.15, 0.2) is 30.3 Å². The molecule has 0 saturated carbocycles. The second-order valence-corrected chi connectivity index (χ2v) is 6.56. The van der Waals surface area contributed by atoms with E-state index in [0.29, 0.717) is 0 Å². The fourth-order valence-corrected chi connectivity index (χ4v) is 3.11. The molecule has 0 aromatic heterocycles. The van der Waals surface area contributed by atoms with E-state index < -0.39 is 0 Å². The third-order valence-corrected chi connectivity index (χ3v) is 4.63. The first kappa shape index (κ1) is 18.7. The van der Waals surface area contributed by atoms with Crippen molar-refractivity contribution in [3.63, 3.8) is 0 Å². The molecule has 1 heterocycles. The number of piperazine rings is 1. The number of benzene rings is 1. The molecule has 1 amide bonds. The largest absolute Gasteiger partial charge is 0.369 e. The monoisotopic (exact) mass is 332 g/mol. The zero-order valence-corrected chi connectivity index (χ0v) is 14.9. The highest BCUT2D eigenvalue weighted by molar-refractivity contribution is 5.81. The summed E-state index contributed by atoms with van der Waals surface area (Å²) in [5, 5.41) is 2.94. The maximum atomic E-state index is 11.7. The molecule has 0 spiro atoms. The molecule has 1 atom stereocenters. The van der Waals surface area contributed by atoms with E-state index in [1.807, 2.05) is 6.92 Å². The normalized spacial score (nSPS) is 16.8. The Bertz CT molecular complexity index is 472. The molecule has 1 fully saturated rings. The van der Waals surface area contributed by atoms with Crippen molar-refractivity contribution in [2.45, 2.75) is 38.6 Å². The van der Waals surface area contributed by atoms with E-state index in [1.54, 1.807) is 0 Å². The van der Waals surface area contributed by atoms with Gasteiger partial charge in [-0.3, -0.25) is 9.69 Å². The van der Waals surface area contributed by atoms with E-state index in [2.05, 4.69) is 45.4 Å². The summed E-state index contributed by atoms with van der Waals surface area (Å²) in [4.78, 5) is 16.7. The van der Waals surface area contributed by atoms with Gasteiger partial charge in [0.25, 0.3) is 0 Å². The summed E-state index contributed by atoms with van der Waals surface area (Å²) in [6.07, 6.45) is 3.85. The number of rotatable bonds is 9. The van der Waals surface area contributed by atoms with Crippen molar-refractivity contribution < 1.29 is 4.79 Å². The van der Waals surface area contributed by atoms with Crippen molar-refractivity contribution in [1.82, 2.24) is 10.2 Å². The second-order valence-electron chi connectivity index (χ2n) is 6.56. The van der Waals surface area contributed by atoms with Crippen molar-refractivity contribution in [3.05, 3.63) is 30.3 Å². The number of anilines is 1. The van der Waals surface area contributed by atoms with E-state index in [1.165, 1.54) is 5.69 Å². The molecule has 1 aromatic rings. The molecule has 0 bridgehead atoms. The van der Waals surface area contributed by atoms with Crippen LogP contribution in [0.2, 0.25) is 0 Å². The van der Waals surface area contributed by atoms with Gasteiger partial charge in [-0.2, -0.15) is 0 Å². The lowest BCUT2D eigenvalue weighted by molar-refractivity contribution is -0.122. The van der Waals surface area contributed by atoms with Crippen molar-refractivity contribution in [2.24, 2.45) is 5.73 Å². The number of unbranched alkanes of at least 4 members (excludes halogenated alkanes) is 1. The summed E-state index contributed by atoms with van der Waals surface area (Å²) in [5.41, 5.74) is 7.12. The zero-order chi connectivity index (χ0) is 17.2. The first-order valence-corrected chi connectivity index (χ1v) is 9.26. The number of hydrogen-bond donors (Lipinski definition) is 2. The van der Waals surface area contributed by atoms with Gasteiger partial charge in [-0.05, 0) is 37.9 Å².